The smallest absolute Gasteiger partial charge is 0.403 e. The van der Waals surface area contributed by atoms with Crippen molar-refractivity contribution < 1.29 is 14.1 Å². The molecule has 0 spiro atoms. The molecule has 1 heterocycles. The van der Waals surface area contributed by atoms with Crippen LogP contribution in [-0.4, -0.2) is 24.1 Å². The van der Waals surface area contributed by atoms with Gasteiger partial charge in [0.2, 0.25) is 0 Å². The van der Waals surface area contributed by atoms with Crippen molar-refractivity contribution in [2.75, 3.05) is 0 Å². The van der Waals surface area contributed by atoms with Crippen molar-refractivity contribution in [3.05, 3.63) is 70.8 Å². The summed E-state index contributed by atoms with van der Waals surface area (Å²) in [7, 11) is -0.318. The van der Waals surface area contributed by atoms with Gasteiger partial charge >= 0.3 is 7.12 Å². The van der Waals surface area contributed by atoms with Gasteiger partial charge in [0.25, 0.3) is 0 Å². The van der Waals surface area contributed by atoms with Crippen LogP contribution >= 0.6 is 0 Å². The minimum atomic E-state index is -0.363. The van der Waals surface area contributed by atoms with Crippen LogP contribution in [0.3, 0.4) is 0 Å². The summed E-state index contributed by atoms with van der Waals surface area (Å²) in [6, 6.07) is 16.7. The molecule has 27 heavy (non-hydrogen) atoms. The number of hydrogen-bond acceptors (Lipinski definition) is 3. The van der Waals surface area contributed by atoms with Gasteiger partial charge in [0, 0.05) is 17.8 Å². The molecule has 0 radical (unpaired) electrons. The van der Waals surface area contributed by atoms with Gasteiger partial charge in [-0.05, 0) is 63.3 Å². The Balaban J connectivity index is 1.66. The molecule has 0 aromatic heterocycles. The molecule has 2 aliphatic rings. The molecule has 1 aliphatic carbocycles. The lowest BCUT2D eigenvalue weighted by atomic mass is 9.65. The summed E-state index contributed by atoms with van der Waals surface area (Å²) in [5.41, 5.74) is 3.70. The van der Waals surface area contributed by atoms with Gasteiger partial charge in [-0.2, -0.15) is 0 Å². The molecule has 1 aliphatic heterocycles. The molecule has 0 unspecified atom stereocenters. The zero-order valence-corrected chi connectivity index (χ0v) is 16.6. The Morgan fingerprint density at radius 1 is 0.963 bits per heavy atom. The molecule has 0 amide bonds. The molecule has 2 aromatic carbocycles. The van der Waals surface area contributed by atoms with Crippen LogP contribution in [-0.2, 0) is 22.2 Å². The van der Waals surface area contributed by atoms with E-state index in [-0.39, 0.29) is 29.9 Å². The predicted octanol–water partition coefficient (Wildman–Crippen LogP) is 4.77. The first kappa shape index (κ1) is 18.5. The van der Waals surface area contributed by atoms with E-state index in [2.05, 4.69) is 70.2 Å². The second-order valence-electron chi connectivity index (χ2n) is 8.76. The van der Waals surface area contributed by atoms with Crippen LogP contribution in [0.5, 0.6) is 0 Å². The normalized spacial score (nSPS) is 21.3. The molecule has 4 rings (SSSR count). The third-order valence-electron chi connectivity index (χ3n) is 6.38. The van der Waals surface area contributed by atoms with Gasteiger partial charge in [0.15, 0.2) is 5.78 Å². The average molecular weight is 362 g/mol. The summed E-state index contributed by atoms with van der Waals surface area (Å²) in [6.07, 6.45) is 2.29. The minimum Gasteiger partial charge on any atom is -0.403 e. The van der Waals surface area contributed by atoms with E-state index in [9.17, 15) is 4.79 Å². The Labute approximate surface area is 162 Å². The average Bonchev–Trinajstić information content (AvgIpc) is 3.09. The molecule has 1 atom stereocenters. The van der Waals surface area contributed by atoms with Gasteiger partial charge in [-0.1, -0.05) is 42.5 Å². The van der Waals surface area contributed by atoms with Crippen molar-refractivity contribution >= 4 is 12.9 Å². The first-order valence-electron chi connectivity index (χ1n) is 9.82. The number of aryl methyl sites for hydroxylation is 1. The first-order valence-corrected chi connectivity index (χ1v) is 9.82. The minimum absolute atomic E-state index is 0.0711. The topological polar surface area (TPSA) is 35.5 Å². The predicted molar refractivity (Wildman–Crippen MR) is 108 cm³/mol. The van der Waals surface area contributed by atoms with Crippen molar-refractivity contribution in [2.24, 2.45) is 0 Å². The first-order chi connectivity index (χ1) is 12.8. The molecule has 140 valence electrons. The molecule has 4 heteroatoms. The molecule has 0 N–H and O–H groups in total. The van der Waals surface area contributed by atoms with Crippen LogP contribution in [0.25, 0.3) is 0 Å². The van der Waals surface area contributed by atoms with E-state index in [0.717, 1.165) is 24.0 Å². The third-order valence-corrected chi connectivity index (χ3v) is 6.38. The highest BCUT2D eigenvalue weighted by molar-refractivity contribution is 6.47. The van der Waals surface area contributed by atoms with E-state index >= 15 is 0 Å². The number of hydrogen-bond donors (Lipinski definition) is 0. The lowest BCUT2D eigenvalue weighted by molar-refractivity contribution is 0.00578. The van der Waals surface area contributed by atoms with Crippen molar-refractivity contribution in [1.29, 1.82) is 0 Å². The van der Waals surface area contributed by atoms with E-state index in [1.807, 2.05) is 6.07 Å². The summed E-state index contributed by atoms with van der Waals surface area (Å²) in [5.74, 6) is 0.334. The lowest BCUT2D eigenvalue weighted by Crippen LogP contribution is -2.41. The number of ketones is 1. The van der Waals surface area contributed by atoms with E-state index in [1.165, 1.54) is 11.1 Å². The third kappa shape index (κ3) is 3.37. The fourth-order valence-corrected chi connectivity index (χ4v) is 3.99. The molecular formula is C23H27BO3. The number of benzene rings is 2. The highest BCUT2D eigenvalue weighted by Gasteiger charge is 2.53. The molecule has 1 saturated heterocycles. The monoisotopic (exact) mass is 362 g/mol. The Hall–Kier alpha value is -1.91. The molecule has 2 aromatic rings. The quantitative estimate of drug-likeness (QED) is 0.735. The zero-order chi connectivity index (χ0) is 19.2. The van der Waals surface area contributed by atoms with Gasteiger partial charge in [-0.3, -0.25) is 4.79 Å². The summed E-state index contributed by atoms with van der Waals surface area (Å²) in [6.45, 7) is 8.35. The highest BCUT2D eigenvalue weighted by atomic mass is 16.7. The molecule has 3 nitrogen and oxygen atoms in total. The van der Waals surface area contributed by atoms with Crippen molar-refractivity contribution in [1.82, 2.24) is 0 Å². The molecule has 1 fully saturated rings. The van der Waals surface area contributed by atoms with Crippen molar-refractivity contribution in [3.8, 4) is 0 Å². The second kappa shape index (κ2) is 6.61. The number of fused-ring (bicyclic) bond motifs is 1. The van der Waals surface area contributed by atoms with Gasteiger partial charge in [0.1, 0.15) is 0 Å². The second-order valence-corrected chi connectivity index (χ2v) is 8.76. The van der Waals surface area contributed by atoms with Gasteiger partial charge < -0.3 is 9.31 Å². The fourth-order valence-electron chi connectivity index (χ4n) is 3.99. The maximum Gasteiger partial charge on any atom is 0.466 e. The van der Waals surface area contributed by atoms with E-state index in [0.29, 0.717) is 6.42 Å². The summed E-state index contributed by atoms with van der Waals surface area (Å²) < 4.78 is 12.8. The Kier molecular flexibility index (Phi) is 4.52. The Morgan fingerprint density at radius 3 is 2.30 bits per heavy atom. The largest absolute Gasteiger partial charge is 0.466 e. The molecule has 0 bridgehead atoms. The Morgan fingerprint density at radius 2 is 1.63 bits per heavy atom. The van der Waals surface area contributed by atoms with Crippen molar-refractivity contribution in [2.45, 2.75) is 64.0 Å². The summed E-state index contributed by atoms with van der Waals surface area (Å²) in [5, 5.41) is 0. The van der Waals surface area contributed by atoms with Gasteiger partial charge in [0.05, 0.1) is 11.2 Å². The summed E-state index contributed by atoms with van der Waals surface area (Å²) in [4.78, 5) is 12.2. The van der Waals surface area contributed by atoms with Gasteiger partial charge in [-0.15, -0.1) is 0 Å². The van der Waals surface area contributed by atoms with Crippen molar-refractivity contribution in [3.63, 3.8) is 0 Å². The zero-order valence-electron chi connectivity index (χ0n) is 16.6. The number of carbonyl (C=O) groups is 1. The van der Waals surface area contributed by atoms with Crippen LogP contribution < -0.4 is 0 Å². The summed E-state index contributed by atoms with van der Waals surface area (Å²) >= 11 is 0. The van der Waals surface area contributed by atoms with E-state index in [1.54, 1.807) is 0 Å². The fraction of sp³-hybridized carbons (Fsp3) is 0.435. The van der Waals surface area contributed by atoms with Crippen LogP contribution in [0.2, 0.25) is 0 Å². The van der Waals surface area contributed by atoms with Crippen LogP contribution in [0, 0.1) is 0 Å². The van der Waals surface area contributed by atoms with Gasteiger partial charge in [-0.25, -0.2) is 0 Å². The number of Topliss-reactive ketones (excluding diaryl/α,β-unsaturated/α-hetero) is 1. The molecular weight excluding hydrogens is 335 g/mol. The molecule has 0 saturated carbocycles. The SMILES string of the molecule is CC1(C)OB([C@H](Cc2ccc3c(c2)C(=O)CC3)c2ccccc2)OC1(C)C. The number of carbonyl (C=O) groups excluding carboxylic acids is 1. The van der Waals surface area contributed by atoms with E-state index in [4.69, 9.17) is 9.31 Å². The van der Waals surface area contributed by atoms with E-state index < -0.39 is 0 Å². The maximum atomic E-state index is 12.2. The van der Waals surface area contributed by atoms with Crippen LogP contribution in [0.4, 0.5) is 0 Å². The number of rotatable bonds is 4. The van der Waals surface area contributed by atoms with Crippen LogP contribution in [0.1, 0.15) is 67.0 Å². The Bertz CT molecular complexity index is 841. The van der Waals surface area contributed by atoms with Crippen LogP contribution in [0.15, 0.2) is 48.5 Å². The highest BCUT2D eigenvalue weighted by Crippen LogP contribution is 2.42. The lowest BCUT2D eigenvalue weighted by Gasteiger charge is -2.32. The standard InChI is InChI=1S/C23H27BO3/c1-22(2)23(3,4)27-24(26-22)20(18-8-6-5-7-9-18)15-16-10-11-17-12-13-21(25)19(17)14-16/h5-11,14,20H,12-13,15H2,1-4H3/t20-/m1/s1. The maximum absolute atomic E-state index is 12.2.